The quantitative estimate of drug-likeness (QED) is 0.770. The van der Waals surface area contributed by atoms with E-state index in [1.807, 2.05) is 25.1 Å². The first kappa shape index (κ1) is 18.3. The van der Waals surface area contributed by atoms with Crippen LogP contribution in [0.15, 0.2) is 22.7 Å². The second kappa shape index (κ2) is 9.28. The van der Waals surface area contributed by atoms with E-state index in [4.69, 9.17) is 15.2 Å². The maximum absolute atomic E-state index is 12.1. The zero-order chi connectivity index (χ0) is 16.7. The molecule has 0 fully saturated rings. The standard InChI is InChI=1S/C18H26BrNO3/c1-2-22-18(21)13-6-4-3-5-7-16(20)15-12-14(19)8-9-17(15)23-11-10-13/h8-9,12-13,16H,2-7,10-11,20H2,1H3/t13?,16-/m0/s1. The van der Waals surface area contributed by atoms with E-state index in [1.165, 1.54) is 0 Å². The van der Waals surface area contributed by atoms with Gasteiger partial charge in [-0.3, -0.25) is 4.79 Å². The Kier molecular flexibility index (Phi) is 7.37. The summed E-state index contributed by atoms with van der Waals surface area (Å²) in [7, 11) is 0. The van der Waals surface area contributed by atoms with Gasteiger partial charge in [-0.2, -0.15) is 0 Å². The van der Waals surface area contributed by atoms with Gasteiger partial charge in [-0.1, -0.05) is 35.2 Å². The Morgan fingerprint density at radius 1 is 1.30 bits per heavy atom. The van der Waals surface area contributed by atoms with Crippen molar-refractivity contribution < 1.29 is 14.3 Å². The molecule has 2 rings (SSSR count). The average molecular weight is 384 g/mol. The number of esters is 1. The number of nitrogens with two attached hydrogens (primary N) is 1. The van der Waals surface area contributed by atoms with Crippen molar-refractivity contribution in [1.82, 2.24) is 0 Å². The minimum Gasteiger partial charge on any atom is -0.493 e. The van der Waals surface area contributed by atoms with Crippen LogP contribution in [0.2, 0.25) is 0 Å². The van der Waals surface area contributed by atoms with Crippen molar-refractivity contribution in [3.05, 3.63) is 28.2 Å². The summed E-state index contributed by atoms with van der Waals surface area (Å²) >= 11 is 3.50. The molecule has 0 amide bonds. The maximum Gasteiger partial charge on any atom is 0.309 e. The molecule has 23 heavy (non-hydrogen) atoms. The summed E-state index contributed by atoms with van der Waals surface area (Å²) in [5, 5.41) is 0. The predicted molar refractivity (Wildman–Crippen MR) is 94.4 cm³/mol. The van der Waals surface area contributed by atoms with Crippen molar-refractivity contribution >= 4 is 21.9 Å². The van der Waals surface area contributed by atoms with Crippen LogP contribution in [0.1, 0.15) is 57.1 Å². The molecule has 5 heteroatoms. The minimum atomic E-state index is -0.0964. The molecule has 4 nitrogen and oxygen atoms in total. The molecule has 1 aromatic carbocycles. The fraction of sp³-hybridized carbons (Fsp3) is 0.611. The van der Waals surface area contributed by atoms with Gasteiger partial charge in [-0.05, 0) is 44.4 Å². The van der Waals surface area contributed by atoms with Crippen LogP contribution in [0, 0.1) is 5.92 Å². The molecule has 0 spiro atoms. The molecule has 1 aliphatic rings. The van der Waals surface area contributed by atoms with E-state index in [-0.39, 0.29) is 17.9 Å². The third-order valence-electron chi connectivity index (χ3n) is 4.28. The average Bonchev–Trinajstić information content (AvgIpc) is 2.52. The fourth-order valence-corrected chi connectivity index (χ4v) is 3.36. The van der Waals surface area contributed by atoms with Gasteiger partial charge < -0.3 is 15.2 Å². The van der Waals surface area contributed by atoms with Crippen molar-refractivity contribution in [2.24, 2.45) is 11.7 Å². The molecule has 1 unspecified atom stereocenters. The van der Waals surface area contributed by atoms with E-state index in [0.717, 1.165) is 47.9 Å². The van der Waals surface area contributed by atoms with Gasteiger partial charge in [0.15, 0.2) is 0 Å². The molecule has 2 N–H and O–H groups in total. The third kappa shape index (κ3) is 5.50. The number of hydrogen-bond acceptors (Lipinski definition) is 4. The third-order valence-corrected chi connectivity index (χ3v) is 4.78. The van der Waals surface area contributed by atoms with Gasteiger partial charge in [0.05, 0.1) is 19.1 Å². The molecular formula is C18H26BrNO3. The van der Waals surface area contributed by atoms with Crippen LogP contribution in [-0.2, 0) is 9.53 Å². The molecule has 0 aliphatic carbocycles. The molecule has 128 valence electrons. The van der Waals surface area contributed by atoms with Crippen LogP contribution in [0.5, 0.6) is 5.75 Å². The maximum atomic E-state index is 12.1. The normalized spacial score (nSPS) is 22.9. The highest BCUT2D eigenvalue weighted by molar-refractivity contribution is 9.10. The Bertz CT molecular complexity index is 521. The van der Waals surface area contributed by atoms with Crippen LogP contribution >= 0.6 is 15.9 Å². The fourth-order valence-electron chi connectivity index (χ4n) is 2.98. The second-order valence-electron chi connectivity index (χ2n) is 6.01. The molecule has 1 aromatic rings. The lowest BCUT2D eigenvalue weighted by molar-refractivity contribution is -0.148. The van der Waals surface area contributed by atoms with Gasteiger partial charge in [-0.25, -0.2) is 0 Å². The Hall–Kier alpha value is -1.07. The molecule has 1 heterocycles. The van der Waals surface area contributed by atoms with Gasteiger partial charge in [0.1, 0.15) is 5.75 Å². The van der Waals surface area contributed by atoms with Crippen LogP contribution in [0.4, 0.5) is 0 Å². The number of fused-ring (bicyclic) bond motifs is 1. The highest BCUT2D eigenvalue weighted by Crippen LogP contribution is 2.31. The summed E-state index contributed by atoms with van der Waals surface area (Å²) in [6.07, 6.45) is 5.66. The van der Waals surface area contributed by atoms with Crippen molar-refractivity contribution in [2.75, 3.05) is 13.2 Å². The van der Waals surface area contributed by atoms with Crippen molar-refractivity contribution in [3.8, 4) is 5.75 Å². The van der Waals surface area contributed by atoms with E-state index >= 15 is 0 Å². The highest BCUT2D eigenvalue weighted by atomic mass is 79.9. The van der Waals surface area contributed by atoms with Gasteiger partial charge >= 0.3 is 5.97 Å². The summed E-state index contributed by atoms with van der Waals surface area (Å²) < 4.78 is 12.1. The number of rotatable bonds is 2. The highest BCUT2D eigenvalue weighted by Gasteiger charge is 2.21. The number of carbonyl (C=O) groups is 1. The Labute approximate surface area is 146 Å². The SMILES string of the molecule is CCOC(=O)C1CCCCC[C@H](N)c2cc(Br)ccc2OCC1. The van der Waals surface area contributed by atoms with Crippen LogP contribution in [0.3, 0.4) is 0 Å². The Morgan fingerprint density at radius 3 is 2.87 bits per heavy atom. The molecule has 0 saturated heterocycles. The molecule has 0 saturated carbocycles. The summed E-state index contributed by atoms with van der Waals surface area (Å²) in [5.74, 6) is 0.659. The summed E-state index contributed by atoms with van der Waals surface area (Å²) in [4.78, 5) is 12.1. The smallest absolute Gasteiger partial charge is 0.309 e. The largest absolute Gasteiger partial charge is 0.493 e. The zero-order valence-electron chi connectivity index (χ0n) is 13.7. The van der Waals surface area contributed by atoms with Gasteiger partial charge in [0.2, 0.25) is 0 Å². The zero-order valence-corrected chi connectivity index (χ0v) is 15.3. The number of hydrogen-bond donors (Lipinski definition) is 1. The monoisotopic (exact) mass is 383 g/mol. The first-order valence-corrected chi connectivity index (χ1v) is 9.25. The van der Waals surface area contributed by atoms with Crippen LogP contribution in [-0.4, -0.2) is 19.2 Å². The molecule has 0 aromatic heterocycles. The molecule has 0 radical (unpaired) electrons. The molecular weight excluding hydrogens is 358 g/mol. The lowest BCUT2D eigenvalue weighted by atomic mass is 9.95. The lowest BCUT2D eigenvalue weighted by Crippen LogP contribution is -2.21. The second-order valence-corrected chi connectivity index (χ2v) is 6.93. The van der Waals surface area contributed by atoms with Crippen LogP contribution < -0.4 is 10.5 Å². The summed E-state index contributed by atoms with van der Waals surface area (Å²) in [5.41, 5.74) is 7.37. The van der Waals surface area contributed by atoms with Crippen LogP contribution in [0.25, 0.3) is 0 Å². The minimum absolute atomic E-state index is 0.0113. The van der Waals surface area contributed by atoms with Gasteiger partial charge in [0, 0.05) is 16.1 Å². The van der Waals surface area contributed by atoms with E-state index in [0.29, 0.717) is 19.6 Å². The number of carbonyl (C=O) groups excluding carboxylic acids is 1. The van der Waals surface area contributed by atoms with E-state index in [9.17, 15) is 4.79 Å². The number of halogens is 1. The van der Waals surface area contributed by atoms with Crippen molar-refractivity contribution in [2.45, 2.75) is 51.5 Å². The number of benzene rings is 1. The molecule has 0 bridgehead atoms. The Morgan fingerprint density at radius 2 is 2.09 bits per heavy atom. The van der Waals surface area contributed by atoms with E-state index < -0.39 is 0 Å². The molecule has 2 atom stereocenters. The predicted octanol–water partition coefficient (Wildman–Crippen LogP) is 4.36. The topological polar surface area (TPSA) is 61.5 Å². The molecule has 1 aliphatic heterocycles. The number of ether oxygens (including phenoxy) is 2. The van der Waals surface area contributed by atoms with E-state index in [2.05, 4.69) is 15.9 Å². The summed E-state index contributed by atoms with van der Waals surface area (Å²) in [6, 6.07) is 5.93. The first-order valence-electron chi connectivity index (χ1n) is 8.46. The van der Waals surface area contributed by atoms with Gasteiger partial charge in [0.25, 0.3) is 0 Å². The lowest BCUT2D eigenvalue weighted by Gasteiger charge is -2.21. The van der Waals surface area contributed by atoms with Crippen molar-refractivity contribution in [3.63, 3.8) is 0 Å². The van der Waals surface area contributed by atoms with Gasteiger partial charge in [-0.15, -0.1) is 0 Å². The Balaban J connectivity index is 2.11. The van der Waals surface area contributed by atoms with Crippen molar-refractivity contribution in [1.29, 1.82) is 0 Å². The van der Waals surface area contributed by atoms with E-state index in [1.54, 1.807) is 0 Å². The summed E-state index contributed by atoms with van der Waals surface area (Å²) in [6.45, 7) is 2.78. The first-order chi connectivity index (χ1) is 11.1.